The van der Waals surface area contributed by atoms with Crippen molar-refractivity contribution in [3.63, 3.8) is 0 Å². The van der Waals surface area contributed by atoms with Gasteiger partial charge in [0.05, 0.1) is 11.2 Å². The van der Waals surface area contributed by atoms with Gasteiger partial charge >= 0.3 is 7.12 Å². The number of hydrogen-bond acceptors (Lipinski definition) is 3. The van der Waals surface area contributed by atoms with Gasteiger partial charge in [0, 0.05) is 5.75 Å². The molecule has 0 radical (unpaired) electrons. The van der Waals surface area contributed by atoms with Gasteiger partial charge in [-0.15, -0.1) is 0 Å². The lowest BCUT2D eigenvalue weighted by Crippen LogP contribution is -2.41. The van der Waals surface area contributed by atoms with Crippen LogP contribution in [0.4, 0.5) is 0 Å². The summed E-state index contributed by atoms with van der Waals surface area (Å²) in [5.41, 5.74) is 1.91. The molecule has 0 N–H and O–H groups in total. The zero-order valence-electron chi connectivity index (χ0n) is 11.8. The molecular formula is C14H21BO2S. The van der Waals surface area contributed by atoms with Crippen molar-refractivity contribution in [1.82, 2.24) is 0 Å². The van der Waals surface area contributed by atoms with Crippen LogP contribution in [0.1, 0.15) is 33.3 Å². The molecule has 1 fully saturated rings. The second-order valence-corrected chi connectivity index (χ2v) is 6.59. The number of thioether (sulfide) groups is 1. The van der Waals surface area contributed by atoms with Crippen LogP contribution >= 0.6 is 11.8 Å². The minimum absolute atomic E-state index is 0.252. The first-order valence-electron chi connectivity index (χ1n) is 6.30. The normalized spacial score (nSPS) is 21.3. The van der Waals surface area contributed by atoms with Gasteiger partial charge < -0.3 is 9.31 Å². The summed E-state index contributed by atoms with van der Waals surface area (Å²) in [6, 6.07) is 8.37. The molecule has 2 rings (SSSR count). The van der Waals surface area contributed by atoms with Crippen LogP contribution in [-0.2, 0) is 15.1 Å². The van der Waals surface area contributed by atoms with Crippen LogP contribution in [0.5, 0.6) is 0 Å². The Morgan fingerprint density at radius 3 is 2.17 bits per heavy atom. The van der Waals surface area contributed by atoms with Crippen LogP contribution in [-0.4, -0.2) is 24.6 Å². The Balaban J connectivity index is 2.29. The van der Waals surface area contributed by atoms with Gasteiger partial charge in [-0.3, -0.25) is 0 Å². The van der Waals surface area contributed by atoms with E-state index in [1.54, 1.807) is 0 Å². The Hall–Kier alpha value is -0.445. The topological polar surface area (TPSA) is 18.5 Å². The Morgan fingerprint density at radius 2 is 1.61 bits per heavy atom. The van der Waals surface area contributed by atoms with E-state index >= 15 is 0 Å². The van der Waals surface area contributed by atoms with Crippen molar-refractivity contribution in [3.8, 4) is 0 Å². The molecule has 0 saturated carbocycles. The van der Waals surface area contributed by atoms with Crippen molar-refractivity contribution in [3.05, 3.63) is 29.8 Å². The highest BCUT2D eigenvalue weighted by atomic mass is 32.2. The van der Waals surface area contributed by atoms with Gasteiger partial charge in [0.25, 0.3) is 0 Å². The number of hydrogen-bond donors (Lipinski definition) is 0. The summed E-state index contributed by atoms with van der Waals surface area (Å²) in [6.07, 6.45) is 2.11. The lowest BCUT2D eigenvalue weighted by atomic mass is 9.76. The monoisotopic (exact) mass is 264 g/mol. The van der Waals surface area contributed by atoms with E-state index < -0.39 is 0 Å². The summed E-state index contributed by atoms with van der Waals surface area (Å²) in [4.78, 5) is 0. The largest absolute Gasteiger partial charge is 0.495 e. The average molecular weight is 264 g/mol. The highest BCUT2D eigenvalue weighted by Gasteiger charge is 2.52. The van der Waals surface area contributed by atoms with E-state index in [-0.39, 0.29) is 18.3 Å². The van der Waals surface area contributed by atoms with Crippen molar-refractivity contribution in [2.24, 2.45) is 0 Å². The number of rotatable bonds is 3. The maximum Gasteiger partial charge on any atom is 0.495 e. The minimum Gasteiger partial charge on any atom is -0.399 e. The quantitative estimate of drug-likeness (QED) is 0.782. The maximum absolute atomic E-state index is 6.11. The van der Waals surface area contributed by atoms with E-state index in [9.17, 15) is 0 Å². The fraction of sp³-hybridized carbons (Fsp3) is 0.571. The summed E-state index contributed by atoms with van der Waals surface area (Å²) in [5, 5.41) is 0. The molecule has 4 heteroatoms. The van der Waals surface area contributed by atoms with E-state index in [1.165, 1.54) is 5.56 Å². The summed E-state index contributed by atoms with van der Waals surface area (Å²) in [6.45, 7) is 8.35. The second kappa shape index (κ2) is 4.91. The molecule has 98 valence electrons. The fourth-order valence-corrected chi connectivity index (χ4v) is 2.60. The van der Waals surface area contributed by atoms with Gasteiger partial charge in [-0.05, 0) is 45.0 Å². The van der Waals surface area contributed by atoms with Gasteiger partial charge in [0.1, 0.15) is 0 Å². The SMILES string of the molecule is CSCc1ccccc1B1OC(C)(C)C(C)(C)O1. The minimum atomic E-state index is -0.274. The van der Waals surface area contributed by atoms with Crippen LogP contribution in [0, 0.1) is 0 Å². The maximum atomic E-state index is 6.11. The summed E-state index contributed by atoms with van der Waals surface area (Å²) in [7, 11) is -0.252. The zero-order chi connectivity index (χ0) is 13.4. The van der Waals surface area contributed by atoms with Crippen molar-refractivity contribution in [2.75, 3.05) is 6.26 Å². The molecule has 0 atom stereocenters. The Bertz CT molecular complexity index is 416. The molecule has 1 aromatic carbocycles. The van der Waals surface area contributed by atoms with Crippen molar-refractivity contribution in [2.45, 2.75) is 44.6 Å². The molecule has 0 aromatic heterocycles. The number of benzene rings is 1. The zero-order valence-corrected chi connectivity index (χ0v) is 12.6. The van der Waals surface area contributed by atoms with E-state index in [0.29, 0.717) is 0 Å². The standard InChI is InChI=1S/C14H21BO2S/c1-13(2)14(3,4)17-15(16-13)12-9-7-6-8-11(12)10-18-5/h6-9H,10H2,1-5H3. The lowest BCUT2D eigenvalue weighted by Gasteiger charge is -2.32. The van der Waals surface area contributed by atoms with Gasteiger partial charge in [-0.25, -0.2) is 0 Å². The predicted molar refractivity (Wildman–Crippen MR) is 79.4 cm³/mol. The van der Waals surface area contributed by atoms with Gasteiger partial charge in [-0.2, -0.15) is 11.8 Å². The third kappa shape index (κ3) is 2.47. The molecule has 1 heterocycles. The second-order valence-electron chi connectivity index (χ2n) is 5.72. The lowest BCUT2D eigenvalue weighted by molar-refractivity contribution is 0.00578. The average Bonchev–Trinajstić information content (AvgIpc) is 2.49. The smallest absolute Gasteiger partial charge is 0.399 e. The highest BCUT2D eigenvalue weighted by molar-refractivity contribution is 7.97. The van der Waals surface area contributed by atoms with Crippen molar-refractivity contribution in [1.29, 1.82) is 0 Å². The molecule has 1 aliphatic rings. The molecule has 0 bridgehead atoms. The molecule has 18 heavy (non-hydrogen) atoms. The van der Waals surface area contributed by atoms with E-state index in [0.717, 1.165) is 11.2 Å². The van der Waals surface area contributed by atoms with E-state index in [4.69, 9.17) is 9.31 Å². The first kappa shape index (κ1) is 14.0. The summed E-state index contributed by atoms with van der Waals surface area (Å²) in [5.74, 6) is 0.986. The summed E-state index contributed by atoms with van der Waals surface area (Å²) < 4.78 is 12.2. The van der Waals surface area contributed by atoms with Crippen LogP contribution < -0.4 is 5.46 Å². The molecular weight excluding hydrogens is 243 g/mol. The molecule has 0 unspecified atom stereocenters. The molecule has 0 aliphatic carbocycles. The molecule has 1 aliphatic heterocycles. The van der Waals surface area contributed by atoms with Gasteiger partial charge in [-0.1, -0.05) is 24.3 Å². The third-order valence-corrected chi connectivity index (χ3v) is 4.46. The molecule has 0 spiro atoms. The molecule has 1 aromatic rings. The Labute approximate surface area is 115 Å². The van der Waals surface area contributed by atoms with E-state index in [1.807, 2.05) is 17.8 Å². The molecule has 1 saturated heterocycles. The predicted octanol–water partition coefficient (Wildman–Crippen LogP) is 2.85. The van der Waals surface area contributed by atoms with Gasteiger partial charge in [0.15, 0.2) is 0 Å². The van der Waals surface area contributed by atoms with Crippen molar-refractivity contribution >= 4 is 24.3 Å². The van der Waals surface area contributed by atoms with Gasteiger partial charge in [0.2, 0.25) is 0 Å². The first-order valence-corrected chi connectivity index (χ1v) is 7.69. The first-order chi connectivity index (χ1) is 8.37. The molecule has 0 amide bonds. The summed E-state index contributed by atoms with van der Waals surface area (Å²) >= 11 is 1.82. The third-order valence-electron chi connectivity index (χ3n) is 3.86. The van der Waals surface area contributed by atoms with Crippen molar-refractivity contribution < 1.29 is 9.31 Å². The van der Waals surface area contributed by atoms with Crippen LogP contribution in [0.2, 0.25) is 0 Å². The Morgan fingerprint density at radius 1 is 1.06 bits per heavy atom. The fourth-order valence-electron chi connectivity index (χ4n) is 2.02. The van der Waals surface area contributed by atoms with Crippen LogP contribution in [0.25, 0.3) is 0 Å². The highest BCUT2D eigenvalue weighted by Crippen LogP contribution is 2.36. The Kier molecular flexibility index (Phi) is 3.81. The molecule has 2 nitrogen and oxygen atoms in total. The van der Waals surface area contributed by atoms with Crippen LogP contribution in [0.15, 0.2) is 24.3 Å². The van der Waals surface area contributed by atoms with E-state index in [2.05, 4.69) is 52.1 Å². The van der Waals surface area contributed by atoms with Crippen LogP contribution in [0.3, 0.4) is 0 Å².